The van der Waals surface area contributed by atoms with E-state index in [9.17, 15) is 4.79 Å². The fourth-order valence-electron chi connectivity index (χ4n) is 3.70. The number of piperidine rings is 1. The molecule has 2 N–H and O–H groups in total. The van der Waals surface area contributed by atoms with E-state index in [2.05, 4.69) is 29.4 Å². The molecule has 1 aliphatic carbocycles. The number of methoxy groups -OCH3 is 1. The lowest BCUT2D eigenvalue weighted by molar-refractivity contribution is 0.0663. The highest BCUT2D eigenvalue weighted by atomic mass is 16.5. The molecule has 2 aliphatic rings. The lowest BCUT2D eigenvalue weighted by Crippen LogP contribution is -2.50. The Hall–Kier alpha value is -0.810. The zero-order valence-corrected chi connectivity index (χ0v) is 14.4. The molecule has 0 radical (unpaired) electrons. The lowest BCUT2D eigenvalue weighted by Gasteiger charge is -2.36. The second-order valence-corrected chi connectivity index (χ2v) is 7.12. The third kappa shape index (κ3) is 5.13. The molecule has 5 nitrogen and oxygen atoms in total. The van der Waals surface area contributed by atoms with Crippen molar-refractivity contribution >= 4 is 6.03 Å². The Bertz CT molecular complexity index is 335. The predicted octanol–water partition coefficient (Wildman–Crippen LogP) is 2.36. The average molecular weight is 311 g/mol. The van der Waals surface area contributed by atoms with Gasteiger partial charge in [0.25, 0.3) is 0 Å². The summed E-state index contributed by atoms with van der Waals surface area (Å²) in [5.74, 6) is 0.403. The summed E-state index contributed by atoms with van der Waals surface area (Å²) in [6, 6.07) is 1.07. The fourth-order valence-corrected chi connectivity index (χ4v) is 3.70. The molecule has 0 bridgehead atoms. The number of nitrogens with one attached hydrogen (secondary N) is 2. The van der Waals surface area contributed by atoms with Crippen LogP contribution >= 0.6 is 0 Å². The van der Waals surface area contributed by atoms with E-state index < -0.39 is 0 Å². The number of likely N-dealkylation sites (tertiary alicyclic amines) is 1. The van der Waals surface area contributed by atoms with E-state index in [1.807, 2.05) is 0 Å². The summed E-state index contributed by atoms with van der Waals surface area (Å²) in [7, 11) is 1.70. The molecule has 2 rings (SSSR count). The minimum atomic E-state index is -0.0537. The number of rotatable bonds is 6. The summed E-state index contributed by atoms with van der Waals surface area (Å²) in [6.45, 7) is 7.03. The van der Waals surface area contributed by atoms with E-state index in [0.717, 1.165) is 32.0 Å². The highest BCUT2D eigenvalue weighted by Crippen LogP contribution is 2.26. The molecule has 1 aliphatic heterocycles. The molecule has 0 spiro atoms. The van der Waals surface area contributed by atoms with Gasteiger partial charge in [0.1, 0.15) is 0 Å². The van der Waals surface area contributed by atoms with Gasteiger partial charge in [-0.3, -0.25) is 0 Å². The number of carbonyl (C=O) groups is 1. The summed E-state index contributed by atoms with van der Waals surface area (Å²) in [6.07, 6.45) is 7.74. The van der Waals surface area contributed by atoms with Crippen LogP contribution in [0.25, 0.3) is 0 Å². The number of hydrogen-bond acceptors (Lipinski definition) is 3. The Balaban J connectivity index is 1.63. The first-order valence-corrected chi connectivity index (χ1v) is 8.91. The van der Waals surface area contributed by atoms with Crippen molar-refractivity contribution in [3.8, 4) is 0 Å². The first-order chi connectivity index (χ1) is 10.6. The van der Waals surface area contributed by atoms with Crippen LogP contribution in [0.3, 0.4) is 0 Å². The Morgan fingerprint density at radius 3 is 2.36 bits per heavy atom. The zero-order valence-electron chi connectivity index (χ0n) is 14.4. The molecule has 2 fully saturated rings. The number of hydrogen-bond donors (Lipinski definition) is 2. The van der Waals surface area contributed by atoms with Gasteiger partial charge < -0.3 is 20.3 Å². The van der Waals surface area contributed by atoms with Crippen LogP contribution in [0.4, 0.5) is 4.79 Å². The highest BCUT2D eigenvalue weighted by Gasteiger charge is 2.27. The van der Waals surface area contributed by atoms with Gasteiger partial charge in [-0.2, -0.15) is 0 Å². The molecule has 1 heterocycles. The summed E-state index contributed by atoms with van der Waals surface area (Å²) < 4.78 is 5.37. The summed E-state index contributed by atoms with van der Waals surface area (Å²) in [5.41, 5.74) is 0. The third-order valence-corrected chi connectivity index (χ3v) is 5.22. The molecule has 2 amide bonds. The number of carbonyl (C=O) groups excluding carboxylic acids is 1. The van der Waals surface area contributed by atoms with Crippen molar-refractivity contribution in [1.29, 1.82) is 0 Å². The van der Waals surface area contributed by atoms with Gasteiger partial charge in [0, 0.05) is 38.8 Å². The number of ether oxygens (including phenoxy) is 1. The normalized spacial score (nSPS) is 22.9. The number of urea groups is 1. The summed E-state index contributed by atoms with van der Waals surface area (Å²) in [4.78, 5) is 14.6. The van der Waals surface area contributed by atoms with Gasteiger partial charge >= 0.3 is 6.03 Å². The van der Waals surface area contributed by atoms with Crippen molar-refractivity contribution in [2.24, 2.45) is 5.92 Å². The fraction of sp³-hybridized carbons (Fsp3) is 0.941. The van der Waals surface area contributed by atoms with Crippen molar-refractivity contribution in [2.75, 3.05) is 26.7 Å². The molecule has 5 heteroatoms. The maximum absolute atomic E-state index is 12.0. The molecule has 0 unspecified atom stereocenters. The first kappa shape index (κ1) is 17.5. The highest BCUT2D eigenvalue weighted by molar-refractivity contribution is 5.74. The van der Waals surface area contributed by atoms with Gasteiger partial charge in [-0.05, 0) is 31.6 Å². The van der Waals surface area contributed by atoms with E-state index in [1.54, 1.807) is 7.11 Å². The Kier molecular flexibility index (Phi) is 6.96. The van der Waals surface area contributed by atoms with Crippen LogP contribution in [0, 0.1) is 5.92 Å². The zero-order chi connectivity index (χ0) is 15.9. The van der Waals surface area contributed by atoms with Crippen LogP contribution in [-0.2, 0) is 4.74 Å². The van der Waals surface area contributed by atoms with Crippen molar-refractivity contribution in [1.82, 2.24) is 15.5 Å². The Morgan fingerprint density at radius 1 is 1.18 bits per heavy atom. The SMILES string of the molecule is CO[C@H](CNC(=O)NC1CCN(C2CCCC2)CC1)C(C)C. The standard InChI is InChI=1S/C17H33N3O2/c1-13(2)16(22-3)12-18-17(21)19-14-8-10-20(11-9-14)15-6-4-5-7-15/h13-16H,4-12H2,1-3H3,(H2,18,19,21)/t16-/m1/s1. The van der Waals surface area contributed by atoms with E-state index in [4.69, 9.17) is 4.74 Å². The molecule has 1 atom stereocenters. The van der Waals surface area contributed by atoms with Gasteiger partial charge in [-0.25, -0.2) is 4.79 Å². The maximum Gasteiger partial charge on any atom is 0.315 e. The molecular formula is C17H33N3O2. The van der Waals surface area contributed by atoms with Crippen LogP contribution in [0.2, 0.25) is 0 Å². The summed E-state index contributed by atoms with van der Waals surface area (Å²) in [5, 5.41) is 6.06. The molecule has 128 valence electrons. The largest absolute Gasteiger partial charge is 0.379 e. The molecule has 1 saturated carbocycles. The quantitative estimate of drug-likeness (QED) is 0.792. The molecule has 0 aromatic rings. The Labute approximate surface area is 135 Å². The van der Waals surface area contributed by atoms with E-state index in [0.29, 0.717) is 18.5 Å². The first-order valence-electron chi connectivity index (χ1n) is 8.91. The van der Waals surface area contributed by atoms with Gasteiger partial charge in [0.2, 0.25) is 0 Å². The smallest absolute Gasteiger partial charge is 0.315 e. The topological polar surface area (TPSA) is 53.6 Å². The van der Waals surface area contributed by atoms with Crippen LogP contribution in [0.5, 0.6) is 0 Å². The summed E-state index contributed by atoms with van der Waals surface area (Å²) >= 11 is 0. The van der Waals surface area contributed by atoms with Gasteiger partial charge in [-0.1, -0.05) is 26.7 Å². The van der Waals surface area contributed by atoms with E-state index >= 15 is 0 Å². The monoisotopic (exact) mass is 311 g/mol. The second kappa shape index (κ2) is 8.73. The van der Waals surface area contributed by atoms with Crippen LogP contribution in [-0.4, -0.2) is 55.9 Å². The van der Waals surface area contributed by atoms with E-state index in [-0.39, 0.29) is 12.1 Å². The molecular weight excluding hydrogens is 278 g/mol. The van der Waals surface area contributed by atoms with Crippen LogP contribution < -0.4 is 10.6 Å². The van der Waals surface area contributed by atoms with Crippen molar-refractivity contribution in [3.05, 3.63) is 0 Å². The second-order valence-electron chi connectivity index (χ2n) is 7.12. The van der Waals surface area contributed by atoms with Crippen molar-refractivity contribution in [2.45, 2.75) is 70.6 Å². The third-order valence-electron chi connectivity index (χ3n) is 5.22. The molecule has 1 saturated heterocycles. The van der Waals surface area contributed by atoms with E-state index in [1.165, 1.54) is 25.7 Å². The van der Waals surface area contributed by atoms with Crippen molar-refractivity contribution in [3.63, 3.8) is 0 Å². The van der Waals surface area contributed by atoms with Crippen molar-refractivity contribution < 1.29 is 9.53 Å². The molecule has 0 aromatic heterocycles. The Morgan fingerprint density at radius 2 is 1.82 bits per heavy atom. The van der Waals surface area contributed by atoms with Gasteiger partial charge in [0.05, 0.1) is 6.10 Å². The maximum atomic E-state index is 12.0. The molecule has 0 aromatic carbocycles. The van der Waals surface area contributed by atoms with Crippen LogP contribution in [0.1, 0.15) is 52.4 Å². The number of amides is 2. The van der Waals surface area contributed by atoms with Gasteiger partial charge in [0.15, 0.2) is 0 Å². The minimum Gasteiger partial charge on any atom is -0.379 e. The van der Waals surface area contributed by atoms with Gasteiger partial charge in [-0.15, -0.1) is 0 Å². The number of nitrogens with zero attached hydrogens (tertiary/aromatic N) is 1. The lowest BCUT2D eigenvalue weighted by atomic mass is 10.0. The molecule has 22 heavy (non-hydrogen) atoms. The predicted molar refractivity (Wildman–Crippen MR) is 89.0 cm³/mol. The minimum absolute atomic E-state index is 0.0537. The van der Waals surface area contributed by atoms with Crippen LogP contribution in [0.15, 0.2) is 0 Å². The average Bonchev–Trinajstić information content (AvgIpc) is 3.02.